The molecule has 2 saturated heterocycles. The van der Waals surface area contributed by atoms with Crippen LogP contribution in [0, 0.1) is 5.41 Å². The lowest BCUT2D eigenvalue weighted by Crippen LogP contribution is -2.51. The molecule has 1 atom stereocenters. The molecule has 1 aromatic heterocycles. The largest absolute Gasteiger partial charge is 0.467 e. The normalized spacial score (nSPS) is 25.0. The average molecular weight is 418 g/mol. The molecule has 22 heavy (non-hydrogen) atoms. The number of aliphatic imine (C=N–C) groups is 1. The Morgan fingerprint density at radius 1 is 1.59 bits per heavy atom. The molecule has 1 aromatic rings. The summed E-state index contributed by atoms with van der Waals surface area (Å²) >= 11 is 0. The minimum absolute atomic E-state index is 0. The number of guanidine groups is 1. The number of hydrogen-bond acceptors (Lipinski definition) is 3. The van der Waals surface area contributed by atoms with E-state index in [1.54, 1.807) is 13.3 Å². The molecule has 2 aliphatic rings. The maximum atomic E-state index is 11.6. The summed E-state index contributed by atoms with van der Waals surface area (Å²) < 4.78 is 5.33. The number of carbonyl (C=O) groups excluding carboxylic acids is 1. The minimum atomic E-state index is 0. The number of hydrogen-bond donors (Lipinski definition) is 2. The smallest absolute Gasteiger partial charge is 0.220 e. The number of piperidine rings is 1. The van der Waals surface area contributed by atoms with Gasteiger partial charge in [0.2, 0.25) is 5.91 Å². The highest BCUT2D eigenvalue weighted by atomic mass is 127. The van der Waals surface area contributed by atoms with Crippen molar-refractivity contribution in [1.29, 1.82) is 0 Å². The molecule has 3 rings (SSSR count). The molecule has 7 heteroatoms. The summed E-state index contributed by atoms with van der Waals surface area (Å²) in [5, 5.41) is 6.31. The number of carbonyl (C=O) groups is 1. The number of halogens is 1. The number of nitrogens with zero attached hydrogens (tertiary/aromatic N) is 2. The van der Waals surface area contributed by atoms with Crippen LogP contribution in [-0.2, 0) is 11.3 Å². The maximum Gasteiger partial charge on any atom is 0.220 e. The minimum Gasteiger partial charge on any atom is -0.467 e. The lowest BCUT2D eigenvalue weighted by Gasteiger charge is -2.40. The van der Waals surface area contributed by atoms with Gasteiger partial charge in [0.05, 0.1) is 12.8 Å². The summed E-state index contributed by atoms with van der Waals surface area (Å²) in [6, 6.07) is 3.82. The van der Waals surface area contributed by atoms with Crippen LogP contribution in [0.5, 0.6) is 0 Å². The Balaban J connectivity index is 0.00000176. The van der Waals surface area contributed by atoms with Gasteiger partial charge in [0.25, 0.3) is 0 Å². The van der Waals surface area contributed by atoms with E-state index in [2.05, 4.69) is 20.5 Å². The average Bonchev–Trinajstić information content (AvgIpc) is 3.11. The van der Waals surface area contributed by atoms with Crippen LogP contribution in [0.2, 0.25) is 0 Å². The summed E-state index contributed by atoms with van der Waals surface area (Å²) in [7, 11) is 1.80. The lowest BCUT2D eigenvalue weighted by atomic mass is 9.79. The molecule has 122 valence electrons. The van der Waals surface area contributed by atoms with Crippen molar-refractivity contribution in [3.63, 3.8) is 0 Å². The number of rotatable bonds is 2. The van der Waals surface area contributed by atoms with Crippen molar-refractivity contribution >= 4 is 35.8 Å². The Labute approximate surface area is 147 Å². The van der Waals surface area contributed by atoms with Gasteiger partial charge in [-0.25, -0.2) is 0 Å². The van der Waals surface area contributed by atoms with Crippen LogP contribution in [0.25, 0.3) is 0 Å². The quantitative estimate of drug-likeness (QED) is 0.435. The Kier molecular flexibility index (Phi) is 5.71. The highest BCUT2D eigenvalue weighted by Gasteiger charge is 2.42. The van der Waals surface area contributed by atoms with Crippen LogP contribution in [0.3, 0.4) is 0 Å². The lowest BCUT2D eigenvalue weighted by molar-refractivity contribution is -0.119. The predicted molar refractivity (Wildman–Crippen MR) is 95.2 cm³/mol. The fourth-order valence-electron chi connectivity index (χ4n) is 3.34. The van der Waals surface area contributed by atoms with Gasteiger partial charge in [-0.15, -0.1) is 24.0 Å². The Hall–Kier alpha value is -1.25. The SMILES string of the molecule is CN=C(NCc1ccco1)N1CCCC2(CNC(=O)C2)C1.I. The van der Waals surface area contributed by atoms with Gasteiger partial charge < -0.3 is 20.0 Å². The number of nitrogens with one attached hydrogen (secondary N) is 2. The third-order valence-electron chi connectivity index (χ3n) is 4.37. The van der Waals surface area contributed by atoms with Gasteiger partial charge in [-0.2, -0.15) is 0 Å². The first-order valence-corrected chi connectivity index (χ1v) is 7.45. The number of amides is 1. The standard InChI is InChI=1S/C15H22N4O2.HI/c1-16-14(17-9-12-4-2-7-21-12)19-6-3-5-15(11-19)8-13(20)18-10-15;/h2,4,7H,3,5-6,8-11H2,1H3,(H,16,17)(H,18,20);1H. The van der Waals surface area contributed by atoms with Crippen molar-refractivity contribution in [2.75, 3.05) is 26.7 Å². The fraction of sp³-hybridized carbons (Fsp3) is 0.600. The van der Waals surface area contributed by atoms with Gasteiger partial charge in [-0.05, 0) is 25.0 Å². The highest BCUT2D eigenvalue weighted by molar-refractivity contribution is 14.0. The third kappa shape index (κ3) is 3.74. The first-order chi connectivity index (χ1) is 10.2. The molecule has 2 N–H and O–H groups in total. The molecule has 1 spiro atoms. The third-order valence-corrected chi connectivity index (χ3v) is 4.37. The van der Waals surface area contributed by atoms with Crippen molar-refractivity contribution in [1.82, 2.24) is 15.5 Å². The number of furan rings is 1. The zero-order valence-corrected chi connectivity index (χ0v) is 15.1. The second kappa shape index (κ2) is 7.34. The van der Waals surface area contributed by atoms with Gasteiger partial charge in [0.1, 0.15) is 5.76 Å². The fourth-order valence-corrected chi connectivity index (χ4v) is 3.34. The first kappa shape index (κ1) is 17.1. The predicted octanol–water partition coefficient (Wildman–Crippen LogP) is 1.58. The van der Waals surface area contributed by atoms with Gasteiger partial charge in [-0.1, -0.05) is 0 Å². The van der Waals surface area contributed by atoms with Crippen LogP contribution in [0.4, 0.5) is 0 Å². The van der Waals surface area contributed by atoms with Crippen molar-refractivity contribution in [3.8, 4) is 0 Å². The second-order valence-corrected chi connectivity index (χ2v) is 5.96. The van der Waals surface area contributed by atoms with Crippen molar-refractivity contribution in [2.45, 2.75) is 25.8 Å². The zero-order chi connectivity index (χ0) is 14.7. The topological polar surface area (TPSA) is 69.9 Å². The Morgan fingerprint density at radius 3 is 3.09 bits per heavy atom. The van der Waals surface area contributed by atoms with Gasteiger partial charge >= 0.3 is 0 Å². The summed E-state index contributed by atoms with van der Waals surface area (Å²) in [6.07, 6.45) is 4.51. The van der Waals surface area contributed by atoms with E-state index in [0.717, 1.165) is 44.2 Å². The molecule has 0 aromatic carbocycles. The van der Waals surface area contributed by atoms with E-state index in [1.165, 1.54) is 0 Å². The second-order valence-electron chi connectivity index (χ2n) is 5.96. The van der Waals surface area contributed by atoms with E-state index in [4.69, 9.17) is 4.42 Å². The Morgan fingerprint density at radius 2 is 2.45 bits per heavy atom. The van der Waals surface area contributed by atoms with Crippen LogP contribution in [-0.4, -0.2) is 43.4 Å². The van der Waals surface area contributed by atoms with Gasteiger partial charge in [-0.3, -0.25) is 9.79 Å². The zero-order valence-electron chi connectivity index (χ0n) is 12.8. The monoisotopic (exact) mass is 418 g/mol. The van der Waals surface area contributed by atoms with E-state index >= 15 is 0 Å². The van der Waals surface area contributed by atoms with Crippen LogP contribution in [0.1, 0.15) is 25.0 Å². The molecule has 2 aliphatic heterocycles. The molecule has 1 amide bonds. The molecule has 0 radical (unpaired) electrons. The molecule has 0 bridgehead atoms. The molecule has 3 heterocycles. The molecule has 0 saturated carbocycles. The van der Waals surface area contributed by atoms with Gasteiger partial charge in [0, 0.05) is 38.5 Å². The number of likely N-dealkylation sites (tertiary alicyclic amines) is 1. The molecule has 6 nitrogen and oxygen atoms in total. The summed E-state index contributed by atoms with van der Waals surface area (Å²) in [6.45, 7) is 3.27. The summed E-state index contributed by atoms with van der Waals surface area (Å²) in [4.78, 5) is 18.2. The van der Waals surface area contributed by atoms with E-state index in [0.29, 0.717) is 13.0 Å². The molecule has 1 unspecified atom stereocenters. The van der Waals surface area contributed by atoms with Crippen LogP contribution < -0.4 is 10.6 Å². The van der Waals surface area contributed by atoms with Crippen molar-refractivity contribution in [3.05, 3.63) is 24.2 Å². The van der Waals surface area contributed by atoms with Crippen LogP contribution >= 0.6 is 24.0 Å². The van der Waals surface area contributed by atoms with Crippen molar-refractivity contribution in [2.24, 2.45) is 10.4 Å². The molecule has 2 fully saturated rings. The van der Waals surface area contributed by atoms with Gasteiger partial charge in [0.15, 0.2) is 5.96 Å². The first-order valence-electron chi connectivity index (χ1n) is 7.45. The van der Waals surface area contributed by atoms with E-state index < -0.39 is 0 Å². The summed E-state index contributed by atoms with van der Waals surface area (Å²) in [5.41, 5.74) is 0.0810. The molecular formula is C15H23IN4O2. The van der Waals surface area contributed by atoms with E-state index in [-0.39, 0.29) is 35.3 Å². The maximum absolute atomic E-state index is 11.6. The van der Waals surface area contributed by atoms with E-state index in [1.807, 2.05) is 12.1 Å². The highest BCUT2D eigenvalue weighted by Crippen LogP contribution is 2.35. The summed E-state index contributed by atoms with van der Waals surface area (Å²) in [5.74, 6) is 1.95. The Bertz CT molecular complexity index is 532. The van der Waals surface area contributed by atoms with Crippen LogP contribution in [0.15, 0.2) is 27.8 Å². The van der Waals surface area contributed by atoms with Crippen molar-refractivity contribution < 1.29 is 9.21 Å². The molecule has 0 aliphatic carbocycles. The molecular weight excluding hydrogens is 395 g/mol. The van der Waals surface area contributed by atoms with E-state index in [9.17, 15) is 4.79 Å².